The summed E-state index contributed by atoms with van der Waals surface area (Å²) in [7, 11) is 0. The number of aromatic nitrogens is 2. The molecule has 478 valence electrons. The van der Waals surface area contributed by atoms with Crippen LogP contribution in [-0.4, -0.2) is 57.7 Å². The minimum absolute atomic E-state index is 0. The predicted molar refractivity (Wildman–Crippen MR) is 378 cm³/mol. The molecule has 0 fully saturated rings. The van der Waals surface area contributed by atoms with Gasteiger partial charge in [-0.3, -0.25) is 37.9 Å². The lowest BCUT2D eigenvalue weighted by molar-refractivity contribution is -0.144. The third kappa shape index (κ3) is 17.9. The van der Waals surface area contributed by atoms with Crippen molar-refractivity contribution in [1.29, 1.82) is 0 Å². The fraction of sp³-hybridized carbons (Fsp3) is 0.447. The Morgan fingerprint density at radius 3 is 1.42 bits per heavy atom. The van der Waals surface area contributed by atoms with Crippen LogP contribution in [0.15, 0.2) is 141 Å². The Morgan fingerprint density at radius 1 is 0.444 bits per heavy atom. The van der Waals surface area contributed by atoms with Crippen LogP contribution in [0, 0.1) is 0 Å². The second kappa shape index (κ2) is 36.1. The number of unbranched alkanes of at least 4 members (excludes halogenated alkanes) is 10. The SMILES string of the molecule is C.O=C(CCCCCC/C=C/CCCCO)OCCCCCn1c(=O)c2ccc3sc4ccccc4c4ccc(c1=O)c2c34.O=C1CCCCCC/C=C/CCCCCCCO1.O=c1c2ccc3sc4ccccc4c4ccc(c(=O)n1CCCCCO)c2c34. The number of fused-ring (bicyclic) bond motifs is 4. The van der Waals surface area contributed by atoms with Gasteiger partial charge < -0.3 is 19.7 Å². The summed E-state index contributed by atoms with van der Waals surface area (Å²) >= 11 is 3.37. The number of carbonyl (C=O) groups is 2. The lowest BCUT2D eigenvalue weighted by Crippen LogP contribution is -2.33. The van der Waals surface area contributed by atoms with Gasteiger partial charge in [0.2, 0.25) is 0 Å². The van der Waals surface area contributed by atoms with Crippen molar-refractivity contribution in [1.82, 2.24) is 9.13 Å². The summed E-state index contributed by atoms with van der Waals surface area (Å²) in [6, 6.07) is 32.0. The van der Waals surface area contributed by atoms with E-state index in [2.05, 4.69) is 48.6 Å². The van der Waals surface area contributed by atoms with E-state index < -0.39 is 0 Å². The number of hydrogen-bond acceptors (Lipinski definition) is 12. The fourth-order valence-corrected chi connectivity index (χ4v) is 14.6. The Labute approximate surface area is 536 Å². The van der Waals surface area contributed by atoms with Crippen molar-refractivity contribution in [3.05, 3.63) is 163 Å². The van der Waals surface area contributed by atoms with Gasteiger partial charge in [-0.05, 0) is 186 Å². The molecule has 1 aliphatic heterocycles. The number of carbonyl (C=O) groups excluding carboxylic acids is 2. The van der Waals surface area contributed by atoms with Gasteiger partial charge in [0.05, 0.1) is 13.2 Å². The van der Waals surface area contributed by atoms with Gasteiger partial charge in [-0.1, -0.05) is 125 Å². The van der Waals surface area contributed by atoms with Gasteiger partial charge in [0.1, 0.15) is 0 Å². The van der Waals surface area contributed by atoms with Crippen LogP contribution in [0.3, 0.4) is 0 Å². The first kappa shape index (κ1) is 68.8. The molecule has 11 rings (SSSR count). The highest BCUT2D eigenvalue weighted by atomic mass is 32.1. The maximum absolute atomic E-state index is 13.5. The number of rotatable bonds is 22. The van der Waals surface area contributed by atoms with Crippen LogP contribution in [0.4, 0.5) is 0 Å². The Kier molecular flexibility index (Phi) is 27.6. The van der Waals surface area contributed by atoms with Crippen molar-refractivity contribution in [2.24, 2.45) is 0 Å². The molecule has 14 heteroatoms. The molecule has 6 aromatic carbocycles. The minimum atomic E-state index is -0.231. The standard InChI is InChI=1S/C36H41NO5S.C23H19NO3S.C16H28O2.CH4/c38-24-14-8-6-4-2-1-3-5-7-10-18-32(39)42-25-15-9-13-23-37-35(40)28-20-19-27-26-16-11-12-17-30(26)43-31-22-21-29(36(37)41)33(28)34(27)31;25-13-5-1-4-12-24-22(26)16-9-8-15-14-6-2-3-7-18(14)28-19-11-10-17(23(24)27)20(16)21(15)19;17-16-14-12-10-8-6-4-2-1-3-5-7-9-11-13-15-18-16;/h2,4,11-12,16-17,19-22,38H,1,3,5-10,13-15,18,23-25H2;2-3,6-11,25H,1,4-5,12-13H2;1-2H,3-15H2;1H4/b4-2+;;2-1+;. The van der Waals surface area contributed by atoms with E-state index in [0.29, 0.717) is 86.4 Å². The summed E-state index contributed by atoms with van der Waals surface area (Å²) in [6.45, 7) is 2.14. The number of benzene rings is 6. The van der Waals surface area contributed by atoms with Crippen LogP contribution in [-0.2, 0) is 32.2 Å². The van der Waals surface area contributed by atoms with Gasteiger partial charge in [0.25, 0.3) is 22.2 Å². The quantitative estimate of drug-likeness (QED) is 0.0219. The largest absolute Gasteiger partial charge is 0.466 e. The van der Waals surface area contributed by atoms with Crippen molar-refractivity contribution >= 4 is 118 Å². The van der Waals surface area contributed by atoms with Crippen LogP contribution in [0.2, 0.25) is 0 Å². The molecule has 0 saturated heterocycles. The van der Waals surface area contributed by atoms with E-state index in [-0.39, 0.29) is 54.8 Å². The average Bonchev–Trinajstić information content (AvgIpc) is 0.741. The first-order chi connectivity index (χ1) is 43.7. The fourth-order valence-electron chi connectivity index (χ4n) is 12.4. The predicted octanol–water partition coefficient (Wildman–Crippen LogP) is 18.0. The van der Waals surface area contributed by atoms with Crippen LogP contribution < -0.4 is 22.2 Å². The lowest BCUT2D eigenvalue weighted by atomic mass is 9.97. The van der Waals surface area contributed by atoms with E-state index in [1.165, 1.54) is 69.9 Å². The van der Waals surface area contributed by atoms with Crippen molar-refractivity contribution < 1.29 is 29.3 Å². The molecule has 0 spiro atoms. The number of cyclic esters (lactones) is 1. The number of esters is 2. The third-order valence-electron chi connectivity index (χ3n) is 17.2. The van der Waals surface area contributed by atoms with Crippen molar-refractivity contribution in [2.75, 3.05) is 26.4 Å². The number of nitrogens with zero attached hydrogens (tertiary/aromatic N) is 2. The summed E-state index contributed by atoms with van der Waals surface area (Å²) in [6.07, 6.45) is 35.7. The molecule has 0 saturated carbocycles. The van der Waals surface area contributed by atoms with E-state index in [1.54, 1.807) is 22.7 Å². The van der Waals surface area contributed by atoms with Gasteiger partial charge in [-0.15, -0.1) is 22.7 Å². The van der Waals surface area contributed by atoms with Gasteiger partial charge in [-0.2, -0.15) is 0 Å². The van der Waals surface area contributed by atoms with Gasteiger partial charge in [-0.25, -0.2) is 0 Å². The average molecular weight is 1260 g/mol. The molecule has 0 aliphatic carbocycles. The third-order valence-corrected chi connectivity index (χ3v) is 19.4. The molecular formula is C76H92N2O10S2. The summed E-state index contributed by atoms with van der Waals surface area (Å²) < 4.78 is 17.9. The van der Waals surface area contributed by atoms with Gasteiger partial charge in [0.15, 0.2) is 0 Å². The number of aliphatic hydroxyl groups excluding tert-OH is 2. The molecule has 12 nitrogen and oxygen atoms in total. The highest BCUT2D eigenvalue weighted by Gasteiger charge is 2.20. The molecule has 90 heavy (non-hydrogen) atoms. The van der Waals surface area contributed by atoms with Crippen LogP contribution >= 0.6 is 22.7 Å². The van der Waals surface area contributed by atoms with E-state index >= 15 is 0 Å². The van der Waals surface area contributed by atoms with Gasteiger partial charge >= 0.3 is 11.9 Å². The van der Waals surface area contributed by atoms with Crippen molar-refractivity contribution in [3.8, 4) is 0 Å². The van der Waals surface area contributed by atoms with Crippen molar-refractivity contribution in [2.45, 2.75) is 194 Å². The molecule has 0 unspecified atom stereocenters. The molecule has 0 atom stereocenters. The Balaban J connectivity index is 0.000000190. The zero-order valence-electron chi connectivity index (χ0n) is 51.8. The monoisotopic (exact) mass is 1260 g/mol. The molecular weight excluding hydrogens is 1160 g/mol. The lowest BCUT2D eigenvalue weighted by Gasteiger charge is -2.14. The van der Waals surface area contributed by atoms with E-state index in [9.17, 15) is 28.8 Å². The number of aliphatic hydroxyl groups is 2. The van der Waals surface area contributed by atoms with Crippen LogP contribution in [0.25, 0.3) is 83.4 Å². The smallest absolute Gasteiger partial charge is 0.305 e. The molecule has 0 amide bonds. The highest BCUT2D eigenvalue weighted by Crippen LogP contribution is 2.41. The second-order valence-electron chi connectivity index (χ2n) is 23.7. The van der Waals surface area contributed by atoms with Crippen LogP contribution in [0.5, 0.6) is 0 Å². The first-order valence-electron chi connectivity index (χ1n) is 33.0. The highest BCUT2D eigenvalue weighted by molar-refractivity contribution is 7.25. The molecule has 1 aliphatic rings. The second-order valence-corrected chi connectivity index (χ2v) is 25.8. The minimum Gasteiger partial charge on any atom is -0.466 e. The van der Waals surface area contributed by atoms with E-state index in [1.807, 2.05) is 72.8 Å². The molecule has 2 N–H and O–H groups in total. The Bertz CT molecular complexity index is 4170. The van der Waals surface area contributed by atoms with E-state index in [4.69, 9.17) is 19.7 Å². The summed E-state index contributed by atoms with van der Waals surface area (Å²) in [4.78, 5) is 76.6. The maximum Gasteiger partial charge on any atom is 0.305 e. The number of allylic oxidation sites excluding steroid dienone is 4. The number of ether oxygens (including phenoxy) is 2. The summed E-state index contributed by atoms with van der Waals surface area (Å²) in [5, 5.41) is 28.1. The van der Waals surface area contributed by atoms with Crippen molar-refractivity contribution in [3.63, 3.8) is 0 Å². The maximum atomic E-state index is 13.5. The zero-order chi connectivity index (χ0) is 62.2. The molecule has 4 aromatic heterocycles. The van der Waals surface area contributed by atoms with Gasteiger partial charge in [0, 0.05) is 101 Å². The molecule has 0 radical (unpaired) electrons. The normalized spacial score (nSPS) is 14.3. The molecule has 5 heterocycles. The van der Waals surface area contributed by atoms with Crippen LogP contribution in [0.1, 0.15) is 181 Å². The zero-order valence-corrected chi connectivity index (χ0v) is 53.4. The molecule has 0 bridgehead atoms. The number of pyridine rings is 2. The summed E-state index contributed by atoms with van der Waals surface area (Å²) in [5.74, 6) is -0.151. The topological polar surface area (TPSA) is 171 Å². The Morgan fingerprint density at radius 2 is 0.878 bits per heavy atom. The van der Waals surface area contributed by atoms with E-state index in [0.717, 1.165) is 136 Å². The Hall–Kier alpha value is -7.10. The summed E-state index contributed by atoms with van der Waals surface area (Å²) in [5.41, 5.74) is -0.890. The first-order valence-corrected chi connectivity index (χ1v) is 34.6. The molecule has 10 aromatic rings. The number of hydrogen-bond donors (Lipinski definition) is 2.